The topological polar surface area (TPSA) is 89.9 Å². The minimum atomic E-state index is -1.24. The van der Waals surface area contributed by atoms with Crippen molar-refractivity contribution >= 4 is 12.0 Å². The fourth-order valence-electron chi connectivity index (χ4n) is 0.998. The summed E-state index contributed by atoms with van der Waals surface area (Å²) < 4.78 is 0. The van der Waals surface area contributed by atoms with Crippen molar-refractivity contribution in [3.8, 4) is 0 Å². The van der Waals surface area contributed by atoms with E-state index in [-0.39, 0.29) is 0 Å². The van der Waals surface area contributed by atoms with Gasteiger partial charge in [-0.3, -0.25) is 0 Å². The predicted molar refractivity (Wildman–Crippen MR) is 59.1 cm³/mol. The Labute approximate surface area is 95.2 Å². The van der Waals surface area contributed by atoms with Gasteiger partial charge in [-0.2, -0.15) is 0 Å². The van der Waals surface area contributed by atoms with E-state index in [0.29, 0.717) is 12.5 Å². The number of carbonyl (C=O) groups excluding carboxylic acids is 1. The summed E-state index contributed by atoms with van der Waals surface area (Å²) in [4.78, 5) is 23.4. The van der Waals surface area contributed by atoms with E-state index in [1.54, 1.807) is 7.05 Å². The average molecular weight is 232 g/mol. The van der Waals surface area contributed by atoms with Gasteiger partial charge in [-0.25, -0.2) is 9.59 Å². The van der Waals surface area contributed by atoms with E-state index >= 15 is 0 Å². The van der Waals surface area contributed by atoms with Gasteiger partial charge in [0.05, 0.1) is 6.61 Å². The molecule has 0 aromatic heterocycles. The standard InChI is InChI=1S/C10H20N2O4/c1-7(2)4-5-12(3)10(16)11-8(6-13)9(14)15/h7-8,13H,4-6H2,1-3H3,(H,11,16)(H,14,15). The van der Waals surface area contributed by atoms with Gasteiger partial charge in [0.25, 0.3) is 0 Å². The molecule has 1 atom stereocenters. The molecule has 6 nitrogen and oxygen atoms in total. The van der Waals surface area contributed by atoms with Gasteiger partial charge in [-0.15, -0.1) is 0 Å². The molecule has 0 aromatic carbocycles. The van der Waals surface area contributed by atoms with E-state index in [1.165, 1.54) is 4.90 Å². The molecular formula is C10H20N2O4. The molecule has 0 aromatic rings. The Morgan fingerprint density at radius 2 is 1.94 bits per heavy atom. The van der Waals surface area contributed by atoms with Gasteiger partial charge in [-0.1, -0.05) is 13.8 Å². The number of rotatable bonds is 6. The van der Waals surface area contributed by atoms with E-state index in [9.17, 15) is 9.59 Å². The van der Waals surface area contributed by atoms with Crippen LogP contribution in [0.1, 0.15) is 20.3 Å². The largest absolute Gasteiger partial charge is 0.480 e. The third kappa shape index (κ3) is 5.55. The molecule has 0 saturated carbocycles. The van der Waals surface area contributed by atoms with E-state index < -0.39 is 24.6 Å². The molecule has 0 rings (SSSR count). The number of aliphatic hydroxyl groups is 1. The number of carbonyl (C=O) groups is 2. The lowest BCUT2D eigenvalue weighted by molar-refractivity contribution is -0.140. The van der Waals surface area contributed by atoms with Gasteiger partial charge < -0.3 is 20.4 Å². The average Bonchev–Trinajstić information content (AvgIpc) is 2.21. The molecular weight excluding hydrogens is 212 g/mol. The Bertz CT molecular complexity index is 243. The van der Waals surface area contributed by atoms with Crippen molar-refractivity contribution in [3.63, 3.8) is 0 Å². The molecule has 0 aliphatic heterocycles. The normalized spacial score (nSPS) is 12.3. The summed E-state index contributed by atoms with van der Waals surface area (Å²) >= 11 is 0. The van der Waals surface area contributed by atoms with Crippen LogP contribution in [0, 0.1) is 5.92 Å². The fourth-order valence-corrected chi connectivity index (χ4v) is 0.998. The van der Waals surface area contributed by atoms with E-state index in [4.69, 9.17) is 10.2 Å². The molecule has 16 heavy (non-hydrogen) atoms. The quantitative estimate of drug-likeness (QED) is 0.606. The van der Waals surface area contributed by atoms with Crippen molar-refractivity contribution in [2.45, 2.75) is 26.3 Å². The number of urea groups is 1. The molecule has 1 unspecified atom stereocenters. The first-order chi connectivity index (χ1) is 7.38. The molecule has 94 valence electrons. The predicted octanol–water partition coefficient (Wildman–Crippen LogP) is 0.119. The maximum atomic E-state index is 11.5. The third-order valence-corrected chi connectivity index (χ3v) is 2.17. The Balaban J connectivity index is 4.08. The number of nitrogens with zero attached hydrogens (tertiary/aromatic N) is 1. The highest BCUT2D eigenvalue weighted by molar-refractivity contribution is 5.82. The number of aliphatic carboxylic acids is 1. The Hall–Kier alpha value is -1.30. The molecule has 6 heteroatoms. The lowest BCUT2D eigenvalue weighted by Gasteiger charge is -2.21. The highest BCUT2D eigenvalue weighted by Gasteiger charge is 2.20. The van der Waals surface area contributed by atoms with Crippen LogP contribution < -0.4 is 5.32 Å². The number of hydrogen-bond acceptors (Lipinski definition) is 3. The van der Waals surface area contributed by atoms with Crippen LogP contribution in [0.25, 0.3) is 0 Å². The minimum absolute atomic E-state index is 0.475. The molecule has 0 saturated heterocycles. The third-order valence-electron chi connectivity index (χ3n) is 2.17. The molecule has 0 heterocycles. The van der Waals surface area contributed by atoms with E-state index in [2.05, 4.69) is 5.32 Å². The van der Waals surface area contributed by atoms with Crippen molar-refractivity contribution in [1.29, 1.82) is 0 Å². The molecule has 2 amide bonds. The zero-order chi connectivity index (χ0) is 12.7. The van der Waals surface area contributed by atoms with Gasteiger partial charge in [0, 0.05) is 13.6 Å². The minimum Gasteiger partial charge on any atom is -0.480 e. The van der Waals surface area contributed by atoms with Crippen molar-refractivity contribution in [2.75, 3.05) is 20.2 Å². The monoisotopic (exact) mass is 232 g/mol. The molecule has 0 fully saturated rings. The van der Waals surface area contributed by atoms with Crippen LogP contribution in [0.3, 0.4) is 0 Å². The highest BCUT2D eigenvalue weighted by Crippen LogP contribution is 2.00. The second kappa shape index (κ2) is 7.05. The smallest absolute Gasteiger partial charge is 0.328 e. The van der Waals surface area contributed by atoms with Crippen molar-refractivity contribution < 1.29 is 19.8 Å². The summed E-state index contributed by atoms with van der Waals surface area (Å²) in [5, 5.41) is 19.6. The second-order valence-corrected chi connectivity index (χ2v) is 4.13. The van der Waals surface area contributed by atoms with Crippen molar-refractivity contribution in [3.05, 3.63) is 0 Å². The SMILES string of the molecule is CC(C)CCN(C)C(=O)NC(CO)C(=O)O. The van der Waals surface area contributed by atoms with Crippen LogP contribution in [-0.2, 0) is 4.79 Å². The summed E-state index contributed by atoms with van der Waals surface area (Å²) in [6.45, 7) is 4.03. The van der Waals surface area contributed by atoms with E-state index in [0.717, 1.165) is 6.42 Å². The van der Waals surface area contributed by atoms with Gasteiger partial charge in [0.2, 0.25) is 0 Å². The number of aliphatic hydroxyl groups excluding tert-OH is 1. The van der Waals surface area contributed by atoms with Crippen LogP contribution in [0.15, 0.2) is 0 Å². The van der Waals surface area contributed by atoms with Crippen molar-refractivity contribution in [1.82, 2.24) is 10.2 Å². The van der Waals surface area contributed by atoms with Gasteiger partial charge in [-0.05, 0) is 12.3 Å². The first kappa shape index (κ1) is 14.7. The summed E-state index contributed by atoms with van der Waals surface area (Å²) in [6, 6.07) is -1.73. The fraction of sp³-hybridized carbons (Fsp3) is 0.800. The number of nitrogens with one attached hydrogen (secondary N) is 1. The summed E-state index contributed by atoms with van der Waals surface area (Å²) in [7, 11) is 1.59. The zero-order valence-electron chi connectivity index (χ0n) is 9.93. The number of carboxylic acids is 1. The first-order valence-electron chi connectivity index (χ1n) is 5.23. The van der Waals surface area contributed by atoms with Crippen LogP contribution in [0.4, 0.5) is 4.79 Å². The summed E-state index contributed by atoms with van der Waals surface area (Å²) in [5.74, 6) is -0.767. The second-order valence-electron chi connectivity index (χ2n) is 4.13. The Morgan fingerprint density at radius 3 is 2.31 bits per heavy atom. The molecule has 0 aliphatic rings. The number of amides is 2. The molecule has 3 N–H and O–H groups in total. The number of carboxylic acid groups (broad SMARTS) is 1. The first-order valence-corrected chi connectivity index (χ1v) is 5.23. The Kier molecular flexibility index (Phi) is 6.48. The molecule has 0 radical (unpaired) electrons. The van der Waals surface area contributed by atoms with E-state index in [1.807, 2.05) is 13.8 Å². The van der Waals surface area contributed by atoms with Crippen LogP contribution in [0.5, 0.6) is 0 Å². The van der Waals surface area contributed by atoms with Crippen LogP contribution in [0.2, 0.25) is 0 Å². The lowest BCUT2D eigenvalue weighted by atomic mass is 10.1. The van der Waals surface area contributed by atoms with Crippen molar-refractivity contribution in [2.24, 2.45) is 5.92 Å². The maximum Gasteiger partial charge on any atom is 0.328 e. The molecule has 0 spiro atoms. The summed E-state index contributed by atoms with van der Waals surface area (Å²) in [6.07, 6.45) is 0.848. The van der Waals surface area contributed by atoms with Gasteiger partial charge in [0.15, 0.2) is 6.04 Å². The van der Waals surface area contributed by atoms with Crippen LogP contribution >= 0.6 is 0 Å². The van der Waals surface area contributed by atoms with Crippen LogP contribution in [-0.4, -0.2) is 53.4 Å². The Morgan fingerprint density at radius 1 is 1.38 bits per heavy atom. The molecule has 0 bridgehead atoms. The lowest BCUT2D eigenvalue weighted by Crippen LogP contribution is -2.48. The highest BCUT2D eigenvalue weighted by atomic mass is 16.4. The maximum absolute atomic E-state index is 11.5. The zero-order valence-corrected chi connectivity index (χ0v) is 9.93. The number of hydrogen-bond donors (Lipinski definition) is 3. The summed E-state index contributed by atoms with van der Waals surface area (Å²) in [5.41, 5.74) is 0. The van der Waals surface area contributed by atoms with Gasteiger partial charge in [0.1, 0.15) is 0 Å². The molecule has 0 aliphatic carbocycles. The van der Waals surface area contributed by atoms with Gasteiger partial charge >= 0.3 is 12.0 Å².